The van der Waals surface area contributed by atoms with Gasteiger partial charge in [-0.3, -0.25) is 0 Å². The molecule has 2 aromatic rings. The van der Waals surface area contributed by atoms with Crippen LogP contribution in [-0.4, -0.2) is 9.97 Å². The fraction of sp³-hybridized carbons (Fsp3) is 0.125. The van der Waals surface area contributed by atoms with E-state index in [-0.39, 0.29) is 0 Å². The van der Waals surface area contributed by atoms with Crippen LogP contribution in [0.3, 0.4) is 0 Å². The van der Waals surface area contributed by atoms with E-state index in [4.69, 9.17) is 5.73 Å². The SMILES string of the molecule is Nc1nc2c(CBr)cc(Br)cc2[nH]1. The highest BCUT2D eigenvalue weighted by Crippen LogP contribution is 2.24. The number of halogens is 2. The van der Waals surface area contributed by atoms with Crippen LogP contribution >= 0.6 is 31.9 Å². The number of nitrogens with zero attached hydrogens (tertiary/aromatic N) is 1. The number of aromatic nitrogens is 2. The summed E-state index contributed by atoms with van der Waals surface area (Å²) in [5.41, 5.74) is 8.58. The first-order chi connectivity index (χ1) is 6.20. The third-order valence-corrected chi connectivity index (χ3v) is 2.85. The van der Waals surface area contributed by atoms with Gasteiger partial charge in [-0.05, 0) is 17.7 Å². The molecule has 0 spiro atoms. The molecule has 0 aliphatic carbocycles. The summed E-state index contributed by atoms with van der Waals surface area (Å²) in [4.78, 5) is 7.19. The molecule has 0 radical (unpaired) electrons. The number of nitrogens with two attached hydrogens (primary N) is 1. The molecule has 3 nitrogen and oxygen atoms in total. The Morgan fingerprint density at radius 3 is 2.92 bits per heavy atom. The van der Waals surface area contributed by atoms with Crippen molar-refractivity contribution in [2.75, 3.05) is 5.73 Å². The Balaban J connectivity index is 2.80. The molecule has 1 aromatic carbocycles. The number of H-pyrrole nitrogens is 1. The number of aromatic amines is 1. The van der Waals surface area contributed by atoms with Gasteiger partial charge in [-0.1, -0.05) is 31.9 Å². The van der Waals surface area contributed by atoms with E-state index in [0.29, 0.717) is 5.95 Å². The maximum atomic E-state index is 5.57. The Morgan fingerprint density at radius 2 is 2.23 bits per heavy atom. The predicted molar refractivity (Wildman–Crippen MR) is 60.8 cm³/mol. The number of hydrogen-bond donors (Lipinski definition) is 2. The zero-order valence-corrected chi connectivity index (χ0v) is 9.81. The number of nitrogen functional groups attached to an aromatic ring is 1. The van der Waals surface area contributed by atoms with Crippen LogP contribution in [0.4, 0.5) is 5.95 Å². The molecule has 2 rings (SSSR count). The van der Waals surface area contributed by atoms with Gasteiger partial charge in [-0.15, -0.1) is 0 Å². The maximum Gasteiger partial charge on any atom is 0.198 e. The lowest BCUT2D eigenvalue weighted by Gasteiger charge is -1.97. The lowest BCUT2D eigenvalue weighted by Crippen LogP contribution is -1.85. The summed E-state index contributed by atoms with van der Waals surface area (Å²) >= 11 is 6.83. The molecule has 0 atom stereocenters. The first kappa shape index (κ1) is 9.02. The summed E-state index contributed by atoms with van der Waals surface area (Å²) < 4.78 is 1.03. The normalized spacial score (nSPS) is 10.9. The summed E-state index contributed by atoms with van der Waals surface area (Å²) in [5, 5.41) is 0.771. The number of benzene rings is 1. The molecule has 0 aliphatic rings. The van der Waals surface area contributed by atoms with Crippen LogP contribution in [0.2, 0.25) is 0 Å². The van der Waals surface area contributed by atoms with Crippen molar-refractivity contribution < 1.29 is 0 Å². The van der Waals surface area contributed by atoms with Gasteiger partial charge in [0.05, 0.1) is 11.0 Å². The standard InChI is InChI=1S/C8H7Br2N3/c9-3-4-1-5(10)2-6-7(4)13-8(11)12-6/h1-2H,3H2,(H3,11,12,13). The molecule has 0 amide bonds. The molecular weight excluding hydrogens is 298 g/mol. The second kappa shape index (κ2) is 3.31. The number of hydrogen-bond acceptors (Lipinski definition) is 2. The first-order valence-corrected chi connectivity index (χ1v) is 5.61. The van der Waals surface area contributed by atoms with Gasteiger partial charge in [-0.25, -0.2) is 4.98 Å². The molecule has 3 N–H and O–H groups in total. The molecule has 0 bridgehead atoms. The van der Waals surface area contributed by atoms with Crippen molar-refractivity contribution in [2.45, 2.75) is 5.33 Å². The molecule has 5 heteroatoms. The van der Waals surface area contributed by atoms with Crippen molar-refractivity contribution in [1.29, 1.82) is 0 Å². The van der Waals surface area contributed by atoms with E-state index in [1.807, 2.05) is 12.1 Å². The van der Waals surface area contributed by atoms with Crippen molar-refractivity contribution in [1.82, 2.24) is 9.97 Å². The van der Waals surface area contributed by atoms with E-state index in [1.54, 1.807) is 0 Å². The number of nitrogens with one attached hydrogen (secondary N) is 1. The van der Waals surface area contributed by atoms with Gasteiger partial charge in [0.15, 0.2) is 5.95 Å². The van der Waals surface area contributed by atoms with Crippen molar-refractivity contribution in [3.8, 4) is 0 Å². The van der Waals surface area contributed by atoms with E-state index < -0.39 is 0 Å². The fourth-order valence-corrected chi connectivity index (χ4v) is 2.20. The number of fused-ring (bicyclic) bond motifs is 1. The third kappa shape index (κ3) is 1.58. The van der Waals surface area contributed by atoms with E-state index in [0.717, 1.165) is 26.4 Å². The van der Waals surface area contributed by atoms with Crippen LogP contribution in [-0.2, 0) is 5.33 Å². The van der Waals surface area contributed by atoms with Crippen LogP contribution < -0.4 is 5.73 Å². The molecule has 0 aliphatic heterocycles. The van der Waals surface area contributed by atoms with Gasteiger partial charge in [-0.2, -0.15) is 0 Å². The zero-order valence-electron chi connectivity index (χ0n) is 6.64. The Kier molecular flexibility index (Phi) is 2.29. The maximum absolute atomic E-state index is 5.57. The van der Waals surface area contributed by atoms with Gasteiger partial charge >= 0.3 is 0 Å². The van der Waals surface area contributed by atoms with Crippen molar-refractivity contribution in [3.63, 3.8) is 0 Å². The molecule has 13 heavy (non-hydrogen) atoms. The highest BCUT2D eigenvalue weighted by atomic mass is 79.9. The molecule has 1 heterocycles. The number of alkyl halides is 1. The van der Waals surface area contributed by atoms with Crippen molar-refractivity contribution in [2.24, 2.45) is 0 Å². The highest BCUT2D eigenvalue weighted by molar-refractivity contribution is 9.10. The molecule has 1 aromatic heterocycles. The van der Waals surface area contributed by atoms with Gasteiger partial charge in [0.1, 0.15) is 0 Å². The Bertz CT molecular complexity index is 450. The molecule has 68 valence electrons. The Labute approximate surface area is 92.0 Å². The number of imidazole rings is 1. The molecule has 0 saturated heterocycles. The lowest BCUT2D eigenvalue weighted by atomic mass is 10.2. The van der Waals surface area contributed by atoms with Crippen LogP contribution in [0.5, 0.6) is 0 Å². The average Bonchev–Trinajstić information content (AvgIpc) is 2.43. The minimum atomic E-state index is 0.454. The third-order valence-electron chi connectivity index (χ3n) is 1.79. The minimum Gasteiger partial charge on any atom is -0.369 e. The van der Waals surface area contributed by atoms with E-state index >= 15 is 0 Å². The molecule has 0 fully saturated rings. The Hall–Kier alpha value is -0.550. The molecular formula is C8H7Br2N3. The predicted octanol–water partition coefficient (Wildman–Crippen LogP) is 2.80. The van der Waals surface area contributed by atoms with Gasteiger partial charge in [0.25, 0.3) is 0 Å². The average molecular weight is 305 g/mol. The second-order valence-electron chi connectivity index (χ2n) is 2.72. The van der Waals surface area contributed by atoms with Crippen molar-refractivity contribution in [3.05, 3.63) is 22.2 Å². The Morgan fingerprint density at radius 1 is 1.46 bits per heavy atom. The summed E-state index contributed by atoms with van der Waals surface area (Å²) in [6.07, 6.45) is 0. The zero-order chi connectivity index (χ0) is 9.42. The van der Waals surface area contributed by atoms with Gasteiger partial charge in [0.2, 0.25) is 0 Å². The number of anilines is 1. The summed E-state index contributed by atoms with van der Waals surface area (Å²) in [6.45, 7) is 0. The fourth-order valence-electron chi connectivity index (χ4n) is 1.27. The molecule has 0 saturated carbocycles. The second-order valence-corrected chi connectivity index (χ2v) is 4.19. The lowest BCUT2D eigenvalue weighted by molar-refractivity contribution is 1.34. The monoisotopic (exact) mass is 303 g/mol. The van der Waals surface area contributed by atoms with E-state index in [9.17, 15) is 0 Å². The summed E-state index contributed by atoms with van der Waals surface area (Å²) in [7, 11) is 0. The minimum absolute atomic E-state index is 0.454. The largest absolute Gasteiger partial charge is 0.369 e. The van der Waals surface area contributed by atoms with Crippen LogP contribution in [0.25, 0.3) is 11.0 Å². The summed E-state index contributed by atoms with van der Waals surface area (Å²) in [5.74, 6) is 0.454. The quantitative estimate of drug-likeness (QED) is 0.796. The van der Waals surface area contributed by atoms with Crippen LogP contribution in [0.15, 0.2) is 16.6 Å². The highest BCUT2D eigenvalue weighted by Gasteiger charge is 2.06. The van der Waals surface area contributed by atoms with Crippen LogP contribution in [0, 0.1) is 0 Å². The van der Waals surface area contributed by atoms with Gasteiger partial charge < -0.3 is 10.7 Å². The van der Waals surface area contributed by atoms with Crippen LogP contribution in [0.1, 0.15) is 5.56 Å². The van der Waals surface area contributed by atoms with Gasteiger partial charge in [0, 0.05) is 9.80 Å². The molecule has 0 unspecified atom stereocenters. The van der Waals surface area contributed by atoms with E-state index in [2.05, 4.69) is 41.8 Å². The topological polar surface area (TPSA) is 54.7 Å². The first-order valence-electron chi connectivity index (χ1n) is 3.70. The summed E-state index contributed by atoms with van der Waals surface area (Å²) in [6, 6.07) is 3.99. The van der Waals surface area contributed by atoms with E-state index in [1.165, 1.54) is 0 Å². The van der Waals surface area contributed by atoms with Crippen molar-refractivity contribution >= 4 is 48.8 Å². The smallest absolute Gasteiger partial charge is 0.198 e. The number of rotatable bonds is 1.